The Labute approximate surface area is 157 Å². The van der Waals surface area contributed by atoms with Gasteiger partial charge in [0.15, 0.2) is 0 Å². The first kappa shape index (κ1) is 16.1. The molecule has 2 aromatic heterocycles. The molecule has 1 fully saturated rings. The number of aryl methyl sites for hydroxylation is 1. The van der Waals surface area contributed by atoms with Crippen molar-refractivity contribution in [1.82, 2.24) is 14.8 Å². The van der Waals surface area contributed by atoms with E-state index in [1.807, 2.05) is 35.9 Å². The molecule has 5 rings (SSSR count). The molecular formula is C22H22N4O. The number of aromatic amines is 1. The fourth-order valence-corrected chi connectivity index (χ4v) is 4.18. The summed E-state index contributed by atoms with van der Waals surface area (Å²) in [5, 5.41) is 7.38. The van der Waals surface area contributed by atoms with Crippen LogP contribution in [0.25, 0.3) is 27.5 Å². The maximum absolute atomic E-state index is 12.5. The summed E-state index contributed by atoms with van der Waals surface area (Å²) in [5.74, 6) is 0. The molecule has 1 aliphatic rings. The molecule has 0 radical (unpaired) electrons. The first-order chi connectivity index (χ1) is 13.2. The molecular weight excluding hydrogens is 336 g/mol. The Bertz CT molecular complexity index is 1180. The molecule has 0 bridgehead atoms. The Hall–Kier alpha value is -3.08. The lowest BCUT2D eigenvalue weighted by Crippen LogP contribution is -2.29. The molecule has 4 aromatic rings. The first-order valence-corrected chi connectivity index (χ1v) is 9.58. The monoisotopic (exact) mass is 358 g/mol. The third kappa shape index (κ3) is 2.62. The molecule has 27 heavy (non-hydrogen) atoms. The zero-order chi connectivity index (χ0) is 18.4. The van der Waals surface area contributed by atoms with Crippen LogP contribution in [0.15, 0.2) is 53.3 Å². The van der Waals surface area contributed by atoms with Crippen LogP contribution in [0, 0.1) is 6.92 Å². The van der Waals surface area contributed by atoms with Crippen LogP contribution in [0.5, 0.6) is 0 Å². The number of fused-ring (bicyclic) bond motifs is 3. The lowest BCUT2D eigenvalue weighted by atomic mass is 10.1. The van der Waals surface area contributed by atoms with Crippen LogP contribution in [0.4, 0.5) is 5.69 Å². The second-order valence-electron chi connectivity index (χ2n) is 7.28. The third-order valence-corrected chi connectivity index (χ3v) is 5.55. The number of pyridine rings is 1. The minimum Gasteiger partial charge on any atom is -0.372 e. The molecule has 0 unspecified atom stereocenters. The number of nitrogens with zero attached hydrogens (tertiary/aromatic N) is 3. The van der Waals surface area contributed by atoms with Crippen LogP contribution in [-0.2, 0) is 0 Å². The van der Waals surface area contributed by atoms with Crippen LogP contribution in [-0.4, -0.2) is 27.9 Å². The van der Waals surface area contributed by atoms with Gasteiger partial charge in [0, 0.05) is 34.9 Å². The van der Waals surface area contributed by atoms with Gasteiger partial charge in [-0.1, -0.05) is 18.2 Å². The number of H-pyrrole nitrogens is 1. The van der Waals surface area contributed by atoms with E-state index in [0.717, 1.165) is 40.9 Å². The number of rotatable bonds is 2. The molecule has 0 atom stereocenters. The largest absolute Gasteiger partial charge is 0.372 e. The summed E-state index contributed by atoms with van der Waals surface area (Å²) in [4.78, 5) is 18.0. The summed E-state index contributed by atoms with van der Waals surface area (Å²) in [6.07, 6.45) is 3.85. The molecule has 2 aromatic carbocycles. The smallest absolute Gasteiger partial charge is 0.257 e. The number of hydrogen-bond acceptors (Lipinski definition) is 3. The van der Waals surface area contributed by atoms with Gasteiger partial charge in [-0.2, -0.15) is 5.10 Å². The van der Waals surface area contributed by atoms with Gasteiger partial charge in [-0.25, -0.2) is 4.68 Å². The van der Waals surface area contributed by atoms with Gasteiger partial charge in [-0.15, -0.1) is 0 Å². The number of piperidine rings is 1. The Morgan fingerprint density at radius 3 is 2.30 bits per heavy atom. The van der Waals surface area contributed by atoms with Gasteiger partial charge in [0.1, 0.15) is 5.65 Å². The normalized spacial score (nSPS) is 14.9. The van der Waals surface area contributed by atoms with E-state index in [1.165, 1.54) is 24.9 Å². The fourth-order valence-electron chi connectivity index (χ4n) is 4.18. The van der Waals surface area contributed by atoms with Crippen molar-refractivity contribution in [2.24, 2.45) is 0 Å². The predicted molar refractivity (Wildman–Crippen MR) is 110 cm³/mol. The maximum Gasteiger partial charge on any atom is 0.257 e. The van der Waals surface area contributed by atoms with Crippen LogP contribution in [0.3, 0.4) is 0 Å². The highest BCUT2D eigenvalue weighted by Gasteiger charge is 2.15. The minimum absolute atomic E-state index is 0.0795. The Balaban J connectivity index is 1.64. The predicted octanol–water partition coefficient (Wildman–Crippen LogP) is 4.17. The van der Waals surface area contributed by atoms with E-state index in [-0.39, 0.29) is 5.56 Å². The van der Waals surface area contributed by atoms with Crippen molar-refractivity contribution < 1.29 is 0 Å². The van der Waals surface area contributed by atoms with Crippen molar-refractivity contribution in [3.63, 3.8) is 0 Å². The van der Waals surface area contributed by atoms with Gasteiger partial charge in [0.2, 0.25) is 0 Å². The molecule has 3 heterocycles. The Kier molecular flexibility index (Phi) is 3.74. The van der Waals surface area contributed by atoms with E-state index < -0.39 is 0 Å². The number of hydrogen-bond donors (Lipinski definition) is 1. The van der Waals surface area contributed by atoms with E-state index in [0.29, 0.717) is 5.39 Å². The summed E-state index contributed by atoms with van der Waals surface area (Å²) in [5.41, 5.74) is 3.80. The summed E-state index contributed by atoms with van der Waals surface area (Å²) >= 11 is 0. The molecule has 1 saturated heterocycles. The SMILES string of the molecule is Cc1nn(-c2ccc(N3CCCCC3)cc2)c2[nH]c(=O)c3ccccc3c12. The third-order valence-electron chi connectivity index (χ3n) is 5.55. The number of anilines is 1. The number of benzene rings is 2. The second-order valence-corrected chi connectivity index (χ2v) is 7.28. The molecule has 136 valence electrons. The molecule has 0 amide bonds. The van der Waals surface area contributed by atoms with Gasteiger partial charge in [-0.05, 0) is 56.5 Å². The quantitative estimate of drug-likeness (QED) is 0.585. The second kappa shape index (κ2) is 6.27. The first-order valence-electron chi connectivity index (χ1n) is 9.58. The molecule has 0 spiro atoms. The number of nitrogens with one attached hydrogen (secondary N) is 1. The van der Waals surface area contributed by atoms with Crippen LogP contribution in [0.1, 0.15) is 25.0 Å². The van der Waals surface area contributed by atoms with Crippen molar-refractivity contribution in [3.8, 4) is 5.69 Å². The van der Waals surface area contributed by atoms with E-state index in [9.17, 15) is 4.79 Å². The molecule has 0 aliphatic carbocycles. The average molecular weight is 358 g/mol. The summed E-state index contributed by atoms with van der Waals surface area (Å²) in [7, 11) is 0. The van der Waals surface area contributed by atoms with Crippen molar-refractivity contribution >= 4 is 27.5 Å². The average Bonchev–Trinajstić information content (AvgIpc) is 3.05. The van der Waals surface area contributed by atoms with Crippen molar-refractivity contribution in [2.45, 2.75) is 26.2 Å². The lowest BCUT2D eigenvalue weighted by Gasteiger charge is -2.28. The molecule has 0 saturated carbocycles. The maximum atomic E-state index is 12.5. The number of aromatic nitrogens is 3. The lowest BCUT2D eigenvalue weighted by molar-refractivity contribution is 0.578. The fraction of sp³-hybridized carbons (Fsp3) is 0.273. The van der Waals surface area contributed by atoms with Crippen molar-refractivity contribution in [3.05, 3.63) is 64.6 Å². The minimum atomic E-state index is -0.0795. The van der Waals surface area contributed by atoms with Crippen molar-refractivity contribution in [1.29, 1.82) is 0 Å². The highest BCUT2D eigenvalue weighted by atomic mass is 16.1. The van der Waals surface area contributed by atoms with Gasteiger partial charge >= 0.3 is 0 Å². The van der Waals surface area contributed by atoms with Gasteiger partial charge in [-0.3, -0.25) is 4.79 Å². The van der Waals surface area contributed by atoms with E-state index >= 15 is 0 Å². The topological polar surface area (TPSA) is 53.9 Å². The van der Waals surface area contributed by atoms with Crippen LogP contribution in [0.2, 0.25) is 0 Å². The zero-order valence-corrected chi connectivity index (χ0v) is 15.4. The van der Waals surface area contributed by atoms with Crippen LogP contribution >= 0.6 is 0 Å². The summed E-state index contributed by atoms with van der Waals surface area (Å²) in [6, 6.07) is 16.2. The van der Waals surface area contributed by atoms with Gasteiger partial charge in [0.25, 0.3) is 5.56 Å². The molecule has 1 N–H and O–H groups in total. The Morgan fingerprint density at radius 1 is 0.889 bits per heavy atom. The van der Waals surface area contributed by atoms with Crippen LogP contribution < -0.4 is 10.5 Å². The van der Waals surface area contributed by atoms with E-state index in [2.05, 4.69) is 34.1 Å². The highest BCUT2D eigenvalue weighted by Crippen LogP contribution is 2.27. The standard InChI is InChI=1S/C22H22N4O/c1-15-20-18-7-3-4-8-19(18)22(27)23-21(20)26(24-15)17-11-9-16(10-12-17)25-13-5-2-6-14-25/h3-4,7-12H,2,5-6,13-14H2,1H3,(H,23,27). The Morgan fingerprint density at radius 2 is 1.56 bits per heavy atom. The summed E-state index contributed by atoms with van der Waals surface area (Å²) in [6.45, 7) is 4.25. The zero-order valence-electron chi connectivity index (χ0n) is 15.4. The molecule has 5 nitrogen and oxygen atoms in total. The van der Waals surface area contributed by atoms with Gasteiger partial charge in [0.05, 0.1) is 11.4 Å². The summed E-state index contributed by atoms with van der Waals surface area (Å²) < 4.78 is 1.85. The van der Waals surface area contributed by atoms with Crippen molar-refractivity contribution in [2.75, 3.05) is 18.0 Å². The van der Waals surface area contributed by atoms with E-state index in [1.54, 1.807) is 0 Å². The van der Waals surface area contributed by atoms with Gasteiger partial charge < -0.3 is 9.88 Å². The molecule has 1 aliphatic heterocycles. The molecule has 5 heteroatoms. The highest BCUT2D eigenvalue weighted by molar-refractivity contribution is 6.05. The van der Waals surface area contributed by atoms with E-state index in [4.69, 9.17) is 5.10 Å².